The molecule has 4 atom stereocenters. The number of aliphatic imine (C=N–C) groups is 1. The quantitative estimate of drug-likeness (QED) is 0.498. The fourth-order valence-electron chi connectivity index (χ4n) is 6.46. The third-order valence-corrected chi connectivity index (χ3v) is 11.1. The van der Waals surface area contributed by atoms with E-state index in [4.69, 9.17) is 9.73 Å². The summed E-state index contributed by atoms with van der Waals surface area (Å²) in [6.07, 6.45) is 2.73. The highest BCUT2D eigenvalue weighted by molar-refractivity contribution is 7.80. The molecule has 2 saturated carbocycles. The summed E-state index contributed by atoms with van der Waals surface area (Å²) in [6, 6.07) is 30.9. The Kier molecular flexibility index (Phi) is 4.60. The lowest BCUT2D eigenvalue weighted by Crippen LogP contribution is -2.39. The van der Waals surface area contributed by atoms with E-state index in [0.29, 0.717) is 12.0 Å². The van der Waals surface area contributed by atoms with Gasteiger partial charge in [-0.2, -0.15) is 0 Å². The Morgan fingerprint density at radius 1 is 0.812 bits per heavy atom. The Labute approximate surface area is 192 Å². The van der Waals surface area contributed by atoms with Crippen LogP contribution in [-0.2, 0) is 4.74 Å². The van der Waals surface area contributed by atoms with Crippen LogP contribution in [0.3, 0.4) is 0 Å². The van der Waals surface area contributed by atoms with Gasteiger partial charge in [0.25, 0.3) is 0 Å². The second-order valence-electron chi connectivity index (χ2n) is 10.3. The standard InChI is InChI=1S/C29H30NOP/c1-28(2)23-18-19-29(28,3)26-25(23)30-27(31-26)22-16-10-11-17-24(22)32(20-12-6-4-7-13-20)21-14-8-5-9-15-21/h4-17,23,25-26H,18-19H2,1-3H3/t23-,25+,26+,29+/m1/s1. The first-order valence-electron chi connectivity index (χ1n) is 11.7. The predicted molar refractivity (Wildman–Crippen MR) is 135 cm³/mol. The number of hydrogen-bond acceptors (Lipinski definition) is 2. The Bertz CT molecular complexity index is 1130. The molecule has 6 rings (SSSR count). The number of benzene rings is 3. The van der Waals surface area contributed by atoms with Gasteiger partial charge in [-0.3, -0.25) is 0 Å². The second-order valence-corrected chi connectivity index (χ2v) is 12.5. The zero-order chi connectivity index (χ0) is 21.9. The van der Waals surface area contributed by atoms with Crippen LogP contribution in [-0.4, -0.2) is 18.0 Å². The molecule has 0 unspecified atom stereocenters. The summed E-state index contributed by atoms with van der Waals surface area (Å²) in [5, 5.41) is 4.04. The minimum Gasteiger partial charge on any atom is -0.471 e. The van der Waals surface area contributed by atoms with Gasteiger partial charge in [0.15, 0.2) is 0 Å². The van der Waals surface area contributed by atoms with Crippen LogP contribution < -0.4 is 15.9 Å². The van der Waals surface area contributed by atoms with E-state index >= 15 is 0 Å². The minimum atomic E-state index is -0.697. The van der Waals surface area contributed by atoms with Crippen molar-refractivity contribution < 1.29 is 4.74 Å². The van der Waals surface area contributed by atoms with Crippen LogP contribution in [0.4, 0.5) is 0 Å². The maximum atomic E-state index is 6.77. The summed E-state index contributed by atoms with van der Waals surface area (Å²) in [5.74, 6) is 1.48. The monoisotopic (exact) mass is 439 g/mol. The summed E-state index contributed by atoms with van der Waals surface area (Å²) in [6.45, 7) is 7.29. The molecule has 0 radical (unpaired) electrons. The van der Waals surface area contributed by atoms with Crippen molar-refractivity contribution in [2.75, 3.05) is 0 Å². The topological polar surface area (TPSA) is 21.6 Å². The fraction of sp³-hybridized carbons (Fsp3) is 0.345. The van der Waals surface area contributed by atoms with Crippen LogP contribution in [0, 0.1) is 16.7 Å². The molecule has 3 heteroatoms. The van der Waals surface area contributed by atoms with Crippen LogP contribution in [0.5, 0.6) is 0 Å². The van der Waals surface area contributed by atoms with Crippen LogP contribution in [0.15, 0.2) is 89.9 Å². The van der Waals surface area contributed by atoms with Gasteiger partial charge in [-0.05, 0) is 54.1 Å². The summed E-state index contributed by atoms with van der Waals surface area (Å²) in [4.78, 5) is 5.28. The number of rotatable bonds is 4. The van der Waals surface area contributed by atoms with Gasteiger partial charge in [-0.15, -0.1) is 0 Å². The summed E-state index contributed by atoms with van der Waals surface area (Å²) < 4.78 is 6.77. The van der Waals surface area contributed by atoms with Gasteiger partial charge in [0.1, 0.15) is 6.10 Å². The normalized spacial score (nSPS) is 29.6. The van der Waals surface area contributed by atoms with Crippen LogP contribution >= 0.6 is 7.92 Å². The highest BCUT2D eigenvalue weighted by Gasteiger charge is 2.69. The molecular formula is C29H30NOP. The Morgan fingerprint density at radius 3 is 2.03 bits per heavy atom. The Balaban J connectivity index is 1.46. The van der Waals surface area contributed by atoms with Crippen molar-refractivity contribution in [3.05, 3.63) is 90.5 Å². The van der Waals surface area contributed by atoms with Crippen molar-refractivity contribution >= 4 is 29.7 Å². The van der Waals surface area contributed by atoms with E-state index in [1.54, 1.807) is 0 Å². The Morgan fingerprint density at radius 2 is 1.41 bits per heavy atom. The molecule has 3 aromatic rings. The molecule has 0 spiro atoms. The maximum Gasteiger partial charge on any atom is 0.217 e. The van der Waals surface area contributed by atoms with Crippen LogP contribution in [0.25, 0.3) is 0 Å². The highest BCUT2D eigenvalue weighted by atomic mass is 31.1. The molecule has 162 valence electrons. The molecule has 1 heterocycles. The van der Waals surface area contributed by atoms with Crippen molar-refractivity contribution in [1.82, 2.24) is 0 Å². The van der Waals surface area contributed by atoms with Gasteiger partial charge >= 0.3 is 0 Å². The average molecular weight is 440 g/mol. The van der Waals surface area contributed by atoms with E-state index in [9.17, 15) is 0 Å². The van der Waals surface area contributed by atoms with Gasteiger partial charge in [-0.1, -0.05) is 99.6 Å². The Hall–Kier alpha value is -2.44. The summed E-state index contributed by atoms with van der Waals surface area (Å²) in [5.41, 5.74) is 1.66. The third kappa shape index (κ3) is 2.78. The SMILES string of the molecule is CC1(C)[C@@H]2CC[C@@]1(C)[C@H]1OC(c3ccccc3P(c3ccccc3)c3ccccc3)=N[C@@H]21. The number of hydrogen-bond donors (Lipinski definition) is 0. The van der Waals surface area contributed by atoms with Gasteiger partial charge in [0.2, 0.25) is 5.90 Å². The van der Waals surface area contributed by atoms with E-state index in [1.165, 1.54) is 34.3 Å². The molecule has 2 nitrogen and oxygen atoms in total. The van der Waals surface area contributed by atoms with Crippen molar-refractivity contribution in [2.45, 2.75) is 45.8 Å². The van der Waals surface area contributed by atoms with E-state index in [0.717, 1.165) is 5.90 Å². The lowest BCUT2D eigenvalue weighted by molar-refractivity contribution is 0.0285. The predicted octanol–water partition coefficient (Wildman–Crippen LogP) is 5.41. The summed E-state index contributed by atoms with van der Waals surface area (Å²) >= 11 is 0. The van der Waals surface area contributed by atoms with Crippen LogP contribution in [0.1, 0.15) is 39.2 Å². The lowest BCUT2D eigenvalue weighted by atomic mass is 9.70. The van der Waals surface area contributed by atoms with Crippen molar-refractivity contribution in [1.29, 1.82) is 0 Å². The first kappa shape index (κ1) is 20.2. The molecule has 1 aliphatic heterocycles. The molecular weight excluding hydrogens is 409 g/mol. The molecule has 2 aliphatic carbocycles. The lowest BCUT2D eigenvalue weighted by Gasteiger charge is -2.37. The molecule has 2 bridgehead atoms. The van der Waals surface area contributed by atoms with Crippen molar-refractivity contribution in [2.24, 2.45) is 21.7 Å². The number of ether oxygens (including phenoxy) is 1. The summed E-state index contributed by atoms with van der Waals surface area (Å²) in [7, 11) is -0.697. The molecule has 3 aliphatic rings. The fourth-order valence-corrected chi connectivity index (χ4v) is 8.90. The molecule has 3 aromatic carbocycles. The molecule has 0 saturated heterocycles. The zero-order valence-electron chi connectivity index (χ0n) is 19.0. The molecule has 0 aromatic heterocycles. The molecule has 32 heavy (non-hydrogen) atoms. The average Bonchev–Trinajstić information content (AvgIpc) is 3.40. The van der Waals surface area contributed by atoms with E-state index in [1.807, 2.05) is 0 Å². The van der Waals surface area contributed by atoms with E-state index < -0.39 is 7.92 Å². The largest absolute Gasteiger partial charge is 0.471 e. The van der Waals surface area contributed by atoms with Crippen LogP contribution in [0.2, 0.25) is 0 Å². The molecule has 0 amide bonds. The molecule has 2 fully saturated rings. The second kappa shape index (κ2) is 7.29. The van der Waals surface area contributed by atoms with Gasteiger partial charge in [-0.25, -0.2) is 4.99 Å². The smallest absolute Gasteiger partial charge is 0.217 e. The first-order chi connectivity index (χ1) is 15.5. The van der Waals surface area contributed by atoms with Crippen molar-refractivity contribution in [3.8, 4) is 0 Å². The number of nitrogens with zero attached hydrogens (tertiary/aromatic N) is 1. The maximum absolute atomic E-state index is 6.77. The van der Waals surface area contributed by atoms with E-state index in [2.05, 4.69) is 106 Å². The van der Waals surface area contributed by atoms with Gasteiger partial charge in [0.05, 0.1) is 6.04 Å². The molecule has 0 N–H and O–H groups in total. The zero-order valence-corrected chi connectivity index (χ0v) is 19.9. The minimum absolute atomic E-state index is 0.201. The third-order valence-electron chi connectivity index (χ3n) is 8.63. The van der Waals surface area contributed by atoms with Crippen molar-refractivity contribution in [3.63, 3.8) is 0 Å². The first-order valence-corrected chi connectivity index (χ1v) is 13.1. The van der Waals surface area contributed by atoms with E-state index in [-0.39, 0.29) is 16.9 Å². The van der Waals surface area contributed by atoms with Gasteiger partial charge in [0, 0.05) is 11.0 Å². The number of fused-ring (bicyclic) bond motifs is 5. The van der Waals surface area contributed by atoms with Gasteiger partial charge < -0.3 is 4.74 Å². The highest BCUT2D eigenvalue weighted by Crippen LogP contribution is 2.68.